The number of amides is 2. The third kappa shape index (κ3) is 3.42. The number of carboxylic acids is 1. The Bertz CT molecular complexity index is 371. The van der Waals surface area contributed by atoms with E-state index in [9.17, 15) is 14.7 Å². The molecular formula is C14H24N2O4. The lowest BCUT2D eigenvalue weighted by Gasteiger charge is -2.34. The van der Waals surface area contributed by atoms with E-state index < -0.39 is 11.5 Å². The Morgan fingerprint density at radius 1 is 1.15 bits per heavy atom. The van der Waals surface area contributed by atoms with E-state index in [1.54, 1.807) is 0 Å². The van der Waals surface area contributed by atoms with Gasteiger partial charge in [-0.3, -0.25) is 0 Å². The van der Waals surface area contributed by atoms with Crippen LogP contribution in [0.2, 0.25) is 0 Å². The van der Waals surface area contributed by atoms with E-state index in [0.29, 0.717) is 32.6 Å². The highest BCUT2D eigenvalue weighted by Crippen LogP contribution is 2.36. The van der Waals surface area contributed by atoms with Crippen molar-refractivity contribution in [2.45, 2.75) is 51.0 Å². The summed E-state index contributed by atoms with van der Waals surface area (Å²) in [4.78, 5) is 23.4. The number of rotatable bonds is 4. The lowest BCUT2D eigenvalue weighted by atomic mass is 9.88. The zero-order valence-electron chi connectivity index (χ0n) is 12.0. The van der Waals surface area contributed by atoms with Gasteiger partial charge in [0.05, 0.1) is 0 Å². The van der Waals surface area contributed by atoms with Crippen LogP contribution in [0.25, 0.3) is 0 Å². The zero-order valence-corrected chi connectivity index (χ0v) is 12.0. The number of carbonyl (C=O) groups excluding carboxylic acids is 1. The number of hydrogen-bond donors (Lipinski definition) is 3. The van der Waals surface area contributed by atoms with Crippen LogP contribution in [0.15, 0.2) is 0 Å². The monoisotopic (exact) mass is 284 g/mol. The Morgan fingerprint density at radius 3 is 2.30 bits per heavy atom. The minimum atomic E-state index is -1.18. The van der Waals surface area contributed by atoms with Crippen molar-refractivity contribution in [1.82, 2.24) is 10.6 Å². The number of ether oxygens (including phenoxy) is 1. The van der Waals surface area contributed by atoms with Crippen molar-refractivity contribution in [3.8, 4) is 0 Å². The summed E-state index contributed by atoms with van der Waals surface area (Å²) in [6, 6.07) is -0.387. The smallest absolute Gasteiger partial charge is 0.329 e. The largest absolute Gasteiger partial charge is 0.480 e. The molecule has 1 aliphatic carbocycles. The predicted octanol–water partition coefficient (Wildman–Crippen LogP) is 1.50. The second-order valence-corrected chi connectivity index (χ2v) is 6.33. The second kappa shape index (κ2) is 5.99. The molecule has 1 saturated heterocycles. The lowest BCUT2D eigenvalue weighted by Crippen LogP contribution is -2.60. The average molecular weight is 284 g/mol. The van der Waals surface area contributed by atoms with E-state index in [2.05, 4.69) is 17.6 Å². The Kier molecular flexibility index (Phi) is 4.52. The molecule has 2 rings (SSSR count). The van der Waals surface area contributed by atoms with Gasteiger partial charge in [-0.05, 0) is 18.3 Å². The van der Waals surface area contributed by atoms with Crippen molar-refractivity contribution >= 4 is 12.0 Å². The van der Waals surface area contributed by atoms with E-state index in [1.165, 1.54) is 12.8 Å². The molecular weight excluding hydrogens is 260 g/mol. The molecule has 1 aliphatic heterocycles. The molecule has 0 unspecified atom stereocenters. The maximum Gasteiger partial charge on any atom is 0.329 e. The summed E-state index contributed by atoms with van der Waals surface area (Å²) in [6.07, 6.45) is 5.27. The molecule has 114 valence electrons. The summed E-state index contributed by atoms with van der Waals surface area (Å²) in [5, 5.41) is 14.9. The van der Waals surface area contributed by atoms with Crippen LogP contribution >= 0.6 is 0 Å². The summed E-state index contributed by atoms with van der Waals surface area (Å²) in [5.41, 5.74) is -1.03. The number of hydrogen-bond acceptors (Lipinski definition) is 3. The molecule has 20 heavy (non-hydrogen) atoms. The predicted molar refractivity (Wildman–Crippen MR) is 73.5 cm³/mol. The van der Waals surface area contributed by atoms with Gasteiger partial charge in [0.2, 0.25) is 0 Å². The molecule has 6 nitrogen and oxygen atoms in total. The SMILES string of the molecule is CC1(CNC(=O)NC2(C(=O)O)CCOCC2)CCCC1. The van der Waals surface area contributed by atoms with Gasteiger partial charge in [0.15, 0.2) is 0 Å². The third-order valence-corrected chi connectivity index (χ3v) is 4.59. The lowest BCUT2D eigenvalue weighted by molar-refractivity contribution is -0.148. The number of carbonyl (C=O) groups is 2. The van der Waals surface area contributed by atoms with Crippen LogP contribution in [0.5, 0.6) is 0 Å². The second-order valence-electron chi connectivity index (χ2n) is 6.33. The molecule has 1 saturated carbocycles. The van der Waals surface area contributed by atoms with Crippen LogP contribution in [-0.4, -0.2) is 42.4 Å². The first-order valence-electron chi connectivity index (χ1n) is 7.33. The van der Waals surface area contributed by atoms with Crippen molar-refractivity contribution in [3.05, 3.63) is 0 Å². The van der Waals surface area contributed by atoms with Crippen LogP contribution in [0.1, 0.15) is 45.4 Å². The molecule has 2 fully saturated rings. The fraction of sp³-hybridized carbons (Fsp3) is 0.857. The number of aliphatic carboxylic acids is 1. The fourth-order valence-corrected chi connectivity index (χ4v) is 3.07. The Balaban J connectivity index is 1.87. The molecule has 0 aromatic rings. The Hall–Kier alpha value is -1.30. The van der Waals surface area contributed by atoms with Crippen LogP contribution in [0.4, 0.5) is 4.79 Å². The van der Waals surface area contributed by atoms with E-state index in [-0.39, 0.29) is 11.4 Å². The molecule has 0 atom stereocenters. The number of carboxylic acid groups (broad SMARTS) is 1. The molecule has 1 heterocycles. The molecule has 0 bridgehead atoms. The van der Waals surface area contributed by atoms with E-state index in [1.807, 2.05) is 0 Å². The molecule has 0 aromatic carbocycles. The first kappa shape index (κ1) is 15.1. The van der Waals surface area contributed by atoms with Gasteiger partial charge in [0.1, 0.15) is 5.54 Å². The number of nitrogens with one attached hydrogen (secondary N) is 2. The van der Waals surface area contributed by atoms with Crippen LogP contribution in [0, 0.1) is 5.41 Å². The van der Waals surface area contributed by atoms with Gasteiger partial charge in [-0.2, -0.15) is 0 Å². The van der Waals surface area contributed by atoms with Gasteiger partial charge in [-0.25, -0.2) is 9.59 Å². The van der Waals surface area contributed by atoms with Crippen molar-refractivity contribution < 1.29 is 19.4 Å². The van der Waals surface area contributed by atoms with Gasteiger partial charge in [0.25, 0.3) is 0 Å². The topological polar surface area (TPSA) is 87.7 Å². The Labute approximate surface area is 119 Å². The first-order valence-corrected chi connectivity index (χ1v) is 7.33. The van der Waals surface area contributed by atoms with Crippen LogP contribution in [0.3, 0.4) is 0 Å². The minimum Gasteiger partial charge on any atom is -0.480 e. The highest BCUT2D eigenvalue weighted by molar-refractivity contribution is 5.86. The normalized spacial score (nSPS) is 24.1. The summed E-state index contributed by atoms with van der Waals surface area (Å²) >= 11 is 0. The fourth-order valence-electron chi connectivity index (χ4n) is 3.07. The van der Waals surface area contributed by atoms with Gasteiger partial charge in [-0.1, -0.05) is 19.8 Å². The van der Waals surface area contributed by atoms with E-state index >= 15 is 0 Å². The molecule has 0 radical (unpaired) electrons. The summed E-state index contributed by atoms with van der Waals surface area (Å²) in [7, 11) is 0. The summed E-state index contributed by atoms with van der Waals surface area (Å²) < 4.78 is 5.18. The molecule has 3 N–H and O–H groups in total. The molecule has 6 heteroatoms. The summed E-state index contributed by atoms with van der Waals surface area (Å²) in [6.45, 7) is 3.50. The van der Waals surface area contributed by atoms with Crippen LogP contribution in [-0.2, 0) is 9.53 Å². The van der Waals surface area contributed by atoms with Gasteiger partial charge in [0, 0.05) is 32.6 Å². The maximum atomic E-state index is 12.0. The minimum absolute atomic E-state index is 0.156. The maximum absolute atomic E-state index is 12.0. The highest BCUT2D eigenvalue weighted by atomic mass is 16.5. The Morgan fingerprint density at radius 2 is 1.75 bits per heavy atom. The van der Waals surface area contributed by atoms with Gasteiger partial charge >= 0.3 is 12.0 Å². The third-order valence-electron chi connectivity index (χ3n) is 4.59. The van der Waals surface area contributed by atoms with Crippen molar-refractivity contribution in [2.75, 3.05) is 19.8 Å². The van der Waals surface area contributed by atoms with Crippen molar-refractivity contribution in [3.63, 3.8) is 0 Å². The quantitative estimate of drug-likeness (QED) is 0.730. The highest BCUT2D eigenvalue weighted by Gasteiger charge is 2.42. The van der Waals surface area contributed by atoms with Gasteiger partial charge < -0.3 is 20.5 Å². The van der Waals surface area contributed by atoms with Crippen molar-refractivity contribution in [1.29, 1.82) is 0 Å². The zero-order chi connectivity index (χ0) is 14.6. The van der Waals surface area contributed by atoms with E-state index in [4.69, 9.17) is 4.74 Å². The first-order chi connectivity index (χ1) is 9.46. The molecule has 0 aromatic heterocycles. The standard InChI is InChI=1S/C14H24N2O4/c1-13(4-2-3-5-13)10-15-12(19)16-14(11(17)18)6-8-20-9-7-14/h2-10H2,1H3,(H,17,18)(H2,15,16,19). The van der Waals surface area contributed by atoms with Crippen LogP contribution < -0.4 is 10.6 Å². The van der Waals surface area contributed by atoms with Gasteiger partial charge in [-0.15, -0.1) is 0 Å². The molecule has 0 spiro atoms. The summed E-state index contributed by atoms with van der Waals surface area (Å²) in [5.74, 6) is -0.983. The number of urea groups is 1. The average Bonchev–Trinajstić information content (AvgIpc) is 2.85. The van der Waals surface area contributed by atoms with E-state index in [0.717, 1.165) is 12.8 Å². The molecule has 2 aliphatic rings. The van der Waals surface area contributed by atoms with Crippen molar-refractivity contribution in [2.24, 2.45) is 5.41 Å². The molecule has 2 amide bonds.